The zero-order chi connectivity index (χ0) is 6.41. The van der Waals surface area contributed by atoms with Crippen LogP contribution in [0.2, 0.25) is 0 Å². The highest BCUT2D eigenvalue weighted by Crippen LogP contribution is 1.85. The molecule has 0 unspecified atom stereocenters. The number of rotatable bonds is 3. The van der Waals surface area contributed by atoms with E-state index in [1.54, 1.807) is 7.11 Å². The van der Waals surface area contributed by atoms with Crippen molar-refractivity contribution in [3.8, 4) is 0 Å². The summed E-state index contributed by atoms with van der Waals surface area (Å²) in [6.45, 7) is 2.53. The number of aliphatic imine (C=N–C) groups is 1. The van der Waals surface area contributed by atoms with E-state index in [4.69, 9.17) is 4.74 Å². The number of hydrogen-bond acceptors (Lipinski definition) is 3. The molecule has 0 aliphatic rings. The minimum Gasteiger partial charge on any atom is -0.382 e. The van der Waals surface area contributed by atoms with E-state index in [2.05, 4.69) is 22.4 Å². The van der Waals surface area contributed by atoms with E-state index in [0.717, 1.165) is 0 Å². The molecule has 0 saturated carbocycles. The van der Waals surface area contributed by atoms with Crippen LogP contribution in [0.5, 0.6) is 0 Å². The quantitative estimate of drug-likeness (QED) is 0.423. The van der Waals surface area contributed by atoms with E-state index in [1.165, 1.54) is 0 Å². The van der Waals surface area contributed by atoms with Gasteiger partial charge in [-0.15, -0.1) is 0 Å². The average Bonchev–Trinajstić information content (AvgIpc) is 1.68. The number of nitrogens with zero attached hydrogens (tertiary/aromatic N) is 1. The minimum atomic E-state index is 0.150. The van der Waals surface area contributed by atoms with Gasteiger partial charge in [0.05, 0.1) is 17.8 Å². The molecule has 0 heterocycles. The number of methoxy groups -OCH3 is 1. The summed E-state index contributed by atoms with van der Waals surface area (Å²) in [6.07, 6.45) is 0. The van der Waals surface area contributed by atoms with Crippen LogP contribution in [-0.2, 0) is 4.74 Å². The maximum atomic E-state index is 4.78. The molecule has 0 spiro atoms. The second-order valence-electron chi connectivity index (χ2n) is 1.52. The first-order chi connectivity index (χ1) is 3.81. The topological polar surface area (TPSA) is 21.6 Å². The van der Waals surface area contributed by atoms with E-state index in [0.29, 0.717) is 6.61 Å². The Morgan fingerprint density at radius 1 is 1.88 bits per heavy atom. The van der Waals surface area contributed by atoms with Gasteiger partial charge in [-0.05, 0) is 19.1 Å². The molecule has 0 saturated heterocycles. The third kappa shape index (κ3) is 3.93. The van der Waals surface area contributed by atoms with E-state index < -0.39 is 0 Å². The maximum absolute atomic E-state index is 4.78. The summed E-state index contributed by atoms with van der Waals surface area (Å²) in [4.78, 5) is 3.75. The van der Waals surface area contributed by atoms with Crippen molar-refractivity contribution in [3.05, 3.63) is 0 Å². The average molecular weight is 131 g/mol. The third-order valence-corrected chi connectivity index (χ3v) is 0.786. The lowest BCUT2D eigenvalue weighted by molar-refractivity contribution is 0.186. The van der Waals surface area contributed by atoms with Crippen LogP contribution in [0.4, 0.5) is 0 Å². The van der Waals surface area contributed by atoms with E-state index in [9.17, 15) is 0 Å². The van der Waals surface area contributed by atoms with Gasteiger partial charge < -0.3 is 4.74 Å². The summed E-state index contributed by atoms with van der Waals surface area (Å²) < 4.78 is 4.78. The van der Waals surface area contributed by atoms with E-state index in [1.807, 2.05) is 6.92 Å². The van der Waals surface area contributed by atoms with Crippen molar-refractivity contribution in [1.82, 2.24) is 0 Å². The van der Waals surface area contributed by atoms with Crippen LogP contribution >= 0.6 is 12.2 Å². The molecule has 8 heavy (non-hydrogen) atoms. The Bertz CT molecular complexity index is 98.6. The number of thiocarbonyl (C=S) groups is 1. The third-order valence-electron chi connectivity index (χ3n) is 0.681. The van der Waals surface area contributed by atoms with Gasteiger partial charge in [-0.1, -0.05) is 0 Å². The highest BCUT2D eigenvalue weighted by molar-refractivity contribution is 7.78. The first-order valence-electron chi connectivity index (χ1n) is 2.37. The van der Waals surface area contributed by atoms with Gasteiger partial charge in [0.1, 0.15) is 0 Å². The van der Waals surface area contributed by atoms with E-state index in [-0.39, 0.29) is 6.04 Å². The van der Waals surface area contributed by atoms with Crippen LogP contribution in [0.25, 0.3) is 0 Å². The zero-order valence-electron chi connectivity index (χ0n) is 5.05. The van der Waals surface area contributed by atoms with Crippen molar-refractivity contribution in [2.24, 2.45) is 4.99 Å². The molecule has 0 N–H and O–H groups in total. The molecule has 2 nitrogen and oxygen atoms in total. The van der Waals surface area contributed by atoms with Gasteiger partial charge in [0.25, 0.3) is 0 Å². The van der Waals surface area contributed by atoms with Gasteiger partial charge in [-0.3, -0.25) is 0 Å². The standard InChI is InChI=1S/C5H9NOS/c1-5(3-7-2)6-4-8/h5H,3H2,1-2H3/t5-/m0/s1. The molecule has 0 fully saturated rings. The van der Waals surface area contributed by atoms with E-state index >= 15 is 0 Å². The van der Waals surface area contributed by atoms with Crippen LogP contribution < -0.4 is 0 Å². The Balaban J connectivity index is 3.31. The fraction of sp³-hybridized carbons (Fsp3) is 0.800. The number of hydrogen-bond donors (Lipinski definition) is 0. The molecular weight excluding hydrogens is 122 g/mol. The van der Waals surface area contributed by atoms with Crippen molar-refractivity contribution < 1.29 is 4.74 Å². The van der Waals surface area contributed by atoms with Crippen molar-refractivity contribution in [2.75, 3.05) is 13.7 Å². The van der Waals surface area contributed by atoms with Crippen LogP contribution in [0.1, 0.15) is 6.92 Å². The summed E-state index contributed by atoms with van der Waals surface area (Å²) in [7, 11) is 1.63. The minimum absolute atomic E-state index is 0.150. The fourth-order valence-electron chi connectivity index (χ4n) is 0.368. The highest BCUT2D eigenvalue weighted by atomic mass is 32.1. The van der Waals surface area contributed by atoms with Gasteiger partial charge >= 0.3 is 0 Å². The Labute approximate surface area is 54.6 Å². The SMILES string of the molecule is COC[C@H](C)N=C=S. The summed E-state index contributed by atoms with van der Waals surface area (Å²) in [5.74, 6) is 0. The summed E-state index contributed by atoms with van der Waals surface area (Å²) >= 11 is 4.37. The molecule has 0 rings (SSSR count). The summed E-state index contributed by atoms with van der Waals surface area (Å²) in [6, 6.07) is 0.150. The van der Waals surface area contributed by atoms with Gasteiger partial charge in [-0.25, -0.2) is 4.99 Å². The largest absolute Gasteiger partial charge is 0.382 e. The lowest BCUT2D eigenvalue weighted by atomic mass is 10.4. The second-order valence-corrected chi connectivity index (χ2v) is 1.71. The molecule has 0 aliphatic heterocycles. The molecule has 0 amide bonds. The molecule has 1 atom stereocenters. The molecule has 0 aliphatic carbocycles. The van der Waals surface area contributed by atoms with Crippen molar-refractivity contribution in [1.29, 1.82) is 0 Å². The fourth-order valence-corrected chi connectivity index (χ4v) is 0.548. The predicted octanol–water partition coefficient (Wildman–Crippen LogP) is 1.12. The summed E-state index contributed by atoms with van der Waals surface area (Å²) in [5, 5.41) is 2.28. The first kappa shape index (κ1) is 7.76. The number of ether oxygens (including phenoxy) is 1. The zero-order valence-corrected chi connectivity index (χ0v) is 5.86. The summed E-state index contributed by atoms with van der Waals surface area (Å²) in [5.41, 5.74) is 0. The Hall–Kier alpha value is -0.240. The monoisotopic (exact) mass is 131 g/mol. The molecule has 46 valence electrons. The van der Waals surface area contributed by atoms with Crippen molar-refractivity contribution in [2.45, 2.75) is 13.0 Å². The Morgan fingerprint density at radius 3 is 2.88 bits per heavy atom. The van der Waals surface area contributed by atoms with Gasteiger partial charge in [0.15, 0.2) is 0 Å². The van der Waals surface area contributed by atoms with Crippen LogP contribution in [0.15, 0.2) is 4.99 Å². The van der Waals surface area contributed by atoms with Crippen LogP contribution in [-0.4, -0.2) is 24.9 Å². The number of isothiocyanates is 1. The second kappa shape index (κ2) is 4.91. The smallest absolute Gasteiger partial charge is 0.0807 e. The molecule has 0 aromatic rings. The first-order valence-corrected chi connectivity index (χ1v) is 2.78. The van der Waals surface area contributed by atoms with Crippen molar-refractivity contribution in [3.63, 3.8) is 0 Å². The van der Waals surface area contributed by atoms with Gasteiger partial charge in [0.2, 0.25) is 0 Å². The lowest BCUT2D eigenvalue weighted by Crippen LogP contribution is -2.05. The maximum Gasteiger partial charge on any atom is 0.0807 e. The van der Waals surface area contributed by atoms with Crippen LogP contribution in [0, 0.1) is 0 Å². The van der Waals surface area contributed by atoms with Crippen molar-refractivity contribution >= 4 is 17.4 Å². The Kier molecular flexibility index (Phi) is 4.76. The molecule has 3 heteroatoms. The molecule has 0 aromatic carbocycles. The molecule has 0 radical (unpaired) electrons. The van der Waals surface area contributed by atoms with Gasteiger partial charge in [-0.2, -0.15) is 0 Å². The highest BCUT2D eigenvalue weighted by Gasteiger charge is 1.92. The molecular formula is C5H9NOS. The Morgan fingerprint density at radius 2 is 2.50 bits per heavy atom. The normalized spacial score (nSPS) is 12.2. The lowest BCUT2D eigenvalue weighted by Gasteiger charge is -1.98. The van der Waals surface area contributed by atoms with Gasteiger partial charge in [0, 0.05) is 7.11 Å². The molecule has 0 aromatic heterocycles. The van der Waals surface area contributed by atoms with Crippen LogP contribution in [0.3, 0.4) is 0 Å². The molecule has 0 bridgehead atoms. The predicted molar refractivity (Wildman–Crippen MR) is 36.4 cm³/mol.